The molecule has 0 aromatic rings. The lowest BCUT2D eigenvalue weighted by Gasteiger charge is -2.21. The summed E-state index contributed by atoms with van der Waals surface area (Å²) in [5.41, 5.74) is 5.39. The second-order valence-corrected chi connectivity index (χ2v) is 7.99. The summed E-state index contributed by atoms with van der Waals surface area (Å²) in [6.45, 7) is 6.97. The highest BCUT2D eigenvalue weighted by Crippen LogP contribution is 2.26. The van der Waals surface area contributed by atoms with Crippen molar-refractivity contribution in [2.45, 2.75) is 91.4 Å². The number of hydrogen-bond donors (Lipinski definition) is 1. The lowest BCUT2D eigenvalue weighted by Crippen LogP contribution is -2.16. The summed E-state index contributed by atoms with van der Waals surface area (Å²) in [4.78, 5) is 4.57. The van der Waals surface area contributed by atoms with Crippen molar-refractivity contribution in [1.82, 2.24) is 0 Å². The number of aliphatic imine (C=N–C) groups is 1. The van der Waals surface area contributed by atoms with E-state index in [9.17, 15) is 0 Å². The molecule has 26 heavy (non-hydrogen) atoms. The van der Waals surface area contributed by atoms with Gasteiger partial charge in [0.15, 0.2) is 0 Å². The highest BCUT2D eigenvalue weighted by molar-refractivity contribution is 5.97. The van der Waals surface area contributed by atoms with Gasteiger partial charge in [-0.3, -0.25) is 4.99 Å². The second-order valence-electron chi connectivity index (χ2n) is 7.99. The third-order valence-electron chi connectivity index (χ3n) is 5.32. The van der Waals surface area contributed by atoms with Crippen LogP contribution in [0.2, 0.25) is 0 Å². The molecule has 0 aromatic carbocycles. The predicted molar refractivity (Wildman–Crippen MR) is 116 cm³/mol. The summed E-state index contributed by atoms with van der Waals surface area (Å²) in [5.74, 6) is 0.667. The van der Waals surface area contributed by atoms with Crippen LogP contribution in [-0.2, 0) is 0 Å². The van der Waals surface area contributed by atoms with Crippen molar-refractivity contribution in [3.63, 3.8) is 0 Å². The molecule has 1 N–H and O–H groups in total. The Morgan fingerprint density at radius 1 is 0.846 bits per heavy atom. The monoisotopic (exact) mass is 359 g/mol. The molecule has 1 fully saturated rings. The van der Waals surface area contributed by atoms with E-state index in [0.29, 0.717) is 12.5 Å². The summed E-state index contributed by atoms with van der Waals surface area (Å²) in [7, 11) is 1.94. The Morgan fingerprint density at radius 3 is 2.12 bits per heavy atom. The van der Waals surface area contributed by atoms with Crippen LogP contribution < -0.4 is 0 Å². The standard InChI is InChI=1S/C24H41NO/c1-20(13-9-6-5-7-12-16-26)17-21(2)18-22(3)19-24(25-4)23-14-10-8-11-15-23/h17-19,23,26H,5-16H2,1-4H3/b20-17+,21-18-,22-19+,25-24?. The number of allylic oxidation sites excluding steroid dienone is 6. The first-order valence-electron chi connectivity index (χ1n) is 10.7. The molecular formula is C24H41NO. The maximum Gasteiger partial charge on any atom is 0.0431 e. The third-order valence-corrected chi connectivity index (χ3v) is 5.32. The highest BCUT2D eigenvalue weighted by Gasteiger charge is 2.17. The van der Waals surface area contributed by atoms with E-state index in [2.05, 4.69) is 44.0 Å². The molecule has 0 atom stereocenters. The van der Waals surface area contributed by atoms with Crippen molar-refractivity contribution in [3.05, 3.63) is 34.9 Å². The van der Waals surface area contributed by atoms with Crippen LogP contribution in [0.5, 0.6) is 0 Å². The molecular weight excluding hydrogens is 318 g/mol. The number of hydrogen-bond acceptors (Lipinski definition) is 2. The van der Waals surface area contributed by atoms with Gasteiger partial charge >= 0.3 is 0 Å². The van der Waals surface area contributed by atoms with Crippen LogP contribution in [-0.4, -0.2) is 24.5 Å². The SMILES string of the molecule is CN=C(/C=C(C)/C=C(C)\C=C(/C)CCCCCCCO)C1CCCCC1. The van der Waals surface area contributed by atoms with E-state index in [1.165, 1.54) is 80.2 Å². The highest BCUT2D eigenvalue weighted by atomic mass is 16.2. The molecule has 1 aliphatic carbocycles. The van der Waals surface area contributed by atoms with Crippen LogP contribution >= 0.6 is 0 Å². The molecule has 1 saturated carbocycles. The Hall–Kier alpha value is -1.15. The Balaban J connectivity index is 2.49. The lowest BCUT2D eigenvalue weighted by molar-refractivity contribution is 0.282. The Labute approximate surface area is 162 Å². The van der Waals surface area contributed by atoms with E-state index < -0.39 is 0 Å². The summed E-state index contributed by atoms with van der Waals surface area (Å²) >= 11 is 0. The van der Waals surface area contributed by atoms with Crippen molar-refractivity contribution < 1.29 is 5.11 Å². The average Bonchev–Trinajstić information content (AvgIpc) is 2.63. The van der Waals surface area contributed by atoms with Crippen LogP contribution in [0.4, 0.5) is 0 Å². The predicted octanol–water partition coefficient (Wildman–Crippen LogP) is 6.81. The fourth-order valence-corrected chi connectivity index (χ4v) is 3.95. The van der Waals surface area contributed by atoms with Crippen molar-refractivity contribution in [2.24, 2.45) is 10.9 Å². The lowest BCUT2D eigenvalue weighted by atomic mass is 9.85. The van der Waals surface area contributed by atoms with Gasteiger partial charge in [-0.15, -0.1) is 0 Å². The van der Waals surface area contributed by atoms with Crippen LogP contribution in [0.25, 0.3) is 0 Å². The molecule has 148 valence electrons. The largest absolute Gasteiger partial charge is 0.396 e. The number of aliphatic hydroxyl groups excluding tert-OH is 1. The van der Waals surface area contributed by atoms with Crippen molar-refractivity contribution in [2.75, 3.05) is 13.7 Å². The maximum absolute atomic E-state index is 8.80. The number of aliphatic hydroxyl groups is 1. The number of nitrogens with zero attached hydrogens (tertiary/aromatic N) is 1. The zero-order valence-electron chi connectivity index (χ0n) is 17.7. The minimum Gasteiger partial charge on any atom is -0.396 e. The van der Waals surface area contributed by atoms with Gasteiger partial charge in [0.25, 0.3) is 0 Å². The molecule has 0 heterocycles. The van der Waals surface area contributed by atoms with E-state index in [0.717, 1.165) is 12.8 Å². The maximum atomic E-state index is 8.80. The zero-order valence-corrected chi connectivity index (χ0v) is 17.7. The van der Waals surface area contributed by atoms with Crippen LogP contribution in [0.1, 0.15) is 91.4 Å². The van der Waals surface area contributed by atoms with E-state index in [1.807, 2.05) is 7.05 Å². The van der Waals surface area contributed by atoms with Gasteiger partial charge in [-0.1, -0.05) is 61.8 Å². The number of unbranched alkanes of at least 4 members (excludes halogenated alkanes) is 4. The first-order valence-corrected chi connectivity index (χ1v) is 10.7. The summed E-state index contributed by atoms with van der Waals surface area (Å²) in [5, 5.41) is 8.80. The molecule has 1 rings (SSSR count). The minimum atomic E-state index is 0.334. The molecule has 1 aliphatic rings. The Morgan fingerprint density at radius 2 is 1.46 bits per heavy atom. The molecule has 0 aromatic heterocycles. The van der Waals surface area contributed by atoms with E-state index in [-0.39, 0.29) is 0 Å². The molecule has 0 unspecified atom stereocenters. The molecule has 0 bridgehead atoms. The number of rotatable bonds is 11. The third kappa shape index (κ3) is 10.1. The van der Waals surface area contributed by atoms with Gasteiger partial charge in [-0.05, 0) is 64.5 Å². The fraction of sp³-hybridized carbons (Fsp3) is 0.708. The van der Waals surface area contributed by atoms with Crippen molar-refractivity contribution in [1.29, 1.82) is 0 Å². The minimum absolute atomic E-state index is 0.334. The molecule has 2 heteroatoms. The van der Waals surface area contributed by atoms with Crippen molar-refractivity contribution in [3.8, 4) is 0 Å². The van der Waals surface area contributed by atoms with E-state index >= 15 is 0 Å². The van der Waals surface area contributed by atoms with Crippen LogP contribution in [0.3, 0.4) is 0 Å². The summed E-state index contributed by atoms with van der Waals surface area (Å²) < 4.78 is 0. The zero-order chi connectivity index (χ0) is 19.2. The van der Waals surface area contributed by atoms with Gasteiger partial charge in [0.2, 0.25) is 0 Å². The van der Waals surface area contributed by atoms with Gasteiger partial charge in [0, 0.05) is 25.3 Å². The average molecular weight is 360 g/mol. The van der Waals surface area contributed by atoms with Crippen LogP contribution in [0.15, 0.2) is 39.9 Å². The van der Waals surface area contributed by atoms with Gasteiger partial charge in [0.05, 0.1) is 0 Å². The molecule has 0 radical (unpaired) electrons. The summed E-state index contributed by atoms with van der Waals surface area (Å²) in [6.07, 6.45) is 20.7. The Bertz CT molecular complexity index is 504. The first-order chi connectivity index (χ1) is 12.6. The Kier molecular flexibility index (Phi) is 12.3. The first kappa shape index (κ1) is 22.9. The quantitative estimate of drug-likeness (QED) is 0.245. The second kappa shape index (κ2) is 14.0. The van der Waals surface area contributed by atoms with Crippen LogP contribution in [0, 0.1) is 5.92 Å². The normalized spacial score (nSPS) is 18.5. The summed E-state index contributed by atoms with van der Waals surface area (Å²) in [6, 6.07) is 0. The molecule has 0 amide bonds. The molecule has 0 aliphatic heterocycles. The van der Waals surface area contributed by atoms with Crippen molar-refractivity contribution >= 4 is 5.71 Å². The molecule has 0 saturated heterocycles. The van der Waals surface area contributed by atoms with Gasteiger partial charge in [0.1, 0.15) is 0 Å². The van der Waals surface area contributed by atoms with Gasteiger partial charge in [-0.2, -0.15) is 0 Å². The fourth-order valence-electron chi connectivity index (χ4n) is 3.95. The van der Waals surface area contributed by atoms with Gasteiger partial charge < -0.3 is 5.11 Å². The van der Waals surface area contributed by atoms with E-state index in [4.69, 9.17) is 5.11 Å². The molecule has 0 spiro atoms. The topological polar surface area (TPSA) is 32.6 Å². The molecule has 2 nitrogen and oxygen atoms in total. The van der Waals surface area contributed by atoms with Gasteiger partial charge in [-0.25, -0.2) is 0 Å². The smallest absolute Gasteiger partial charge is 0.0431 e. The van der Waals surface area contributed by atoms with E-state index in [1.54, 1.807) is 0 Å².